The monoisotopic (exact) mass is 287 g/mol. The summed E-state index contributed by atoms with van der Waals surface area (Å²) in [5.41, 5.74) is 2.92. The fraction of sp³-hybridized carbons (Fsp3) is 0.444. The van der Waals surface area contributed by atoms with Crippen LogP contribution in [0.3, 0.4) is 0 Å². The van der Waals surface area contributed by atoms with Crippen LogP contribution in [0, 0.1) is 0 Å². The van der Waals surface area contributed by atoms with Gasteiger partial charge in [-0.05, 0) is 60.2 Å². The lowest BCUT2D eigenvalue weighted by Crippen LogP contribution is -2.22. The van der Waals surface area contributed by atoms with Crippen molar-refractivity contribution in [3.8, 4) is 0 Å². The molecular formula is C18H25NS. The van der Waals surface area contributed by atoms with Gasteiger partial charge in [0.1, 0.15) is 0 Å². The molecule has 0 saturated carbocycles. The largest absolute Gasteiger partial charge is 0.310 e. The summed E-state index contributed by atoms with van der Waals surface area (Å²) in [5, 5.41) is 8.12. The first-order valence-electron chi connectivity index (χ1n) is 7.69. The highest BCUT2D eigenvalue weighted by molar-refractivity contribution is 7.07. The lowest BCUT2D eigenvalue weighted by Gasteiger charge is -2.19. The van der Waals surface area contributed by atoms with E-state index in [0.717, 1.165) is 6.54 Å². The molecule has 0 amide bonds. The maximum atomic E-state index is 3.68. The predicted molar refractivity (Wildman–Crippen MR) is 89.4 cm³/mol. The van der Waals surface area contributed by atoms with E-state index in [1.807, 2.05) is 0 Å². The average molecular weight is 287 g/mol. The van der Waals surface area contributed by atoms with E-state index in [9.17, 15) is 0 Å². The summed E-state index contributed by atoms with van der Waals surface area (Å²) in [6.45, 7) is 3.33. The number of aryl methyl sites for hydroxylation is 1. The van der Waals surface area contributed by atoms with Gasteiger partial charge in [0.05, 0.1) is 0 Å². The summed E-state index contributed by atoms with van der Waals surface area (Å²) in [6.07, 6.45) is 6.21. The molecule has 0 aliphatic carbocycles. The Morgan fingerprint density at radius 1 is 1.10 bits per heavy atom. The third-order valence-electron chi connectivity index (χ3n) is 3.63. The quantitative estimate of drug-likeness (QED) is 0.625. The summed E-state index contributed by atoms with van der Waals surface area (Å²) >= 11 is 1.80. The first kappa shape index (κ1) is 15.3. The van der Waals surface area contributed by atoms with E-state index < -0.39 is 0 Å². The molecule has 0 radical (unpaired) electrons. The van der Waals surface area contributed by atoms with Gasteiger partial charge in [-0.15, -0.1) is 0 Å². The van der Waals surface area contributed by atoms with E-state index in [0.29, 0.717) is 6.04 Å². The number of hydrogen-bond acceptors (Lipinski definition) is 2. The molecular weight excluding hydrogens is 262 g/mol. The van der Waals surface area contributed by atoms with Crippen LogP contribution in [-0.4, -0.2) is 6.54 Å². The van der Waals surface area contributed by atoms with Gasteiger partial charge in [-0.2, -0.15) is 11.3 Å². The van der Waals surface area contributed by atoms with Crippen molar-refractivity contribution in [1.29, 1.82) is 0 Å². The van der Waals surface area contributed by atoms with Crippen LogP contribution in [-0.2, 0) is 6.42 Å². The SMILES string of the molecule is CCCNC(CCCCc1ccsc1)c1ccccc1. The smallest absolute Gasteiger partial charge is 0.0320 e. The van der Waals surface area contributed by atoms with E-state index in [1.54, 1.807) is 11.3 Å². The molecule has 20 heavy (non-hydrogen) atoms. The summed E-state index contributed by atoms with van der Waals surface area (Å²) in [5.74, 6) is 0. The molecule has 1 N–H and O–H groups in total. The van der Waals surface area contributed by atoms with Gasteiger partial charge < -0.3 is 5.32 Å². The highest BCUT2D eigenvalue weighted by atomic mass is 32.1. The average Bonchev–Trinajstić information content (AvgIpc) is 3.01. The summed E-state index contributed by atoms with van der Waals surface area (Å²) < 4.78 is 0. The molecule has 0 bridgehead atoms. The van der Waals surface area contributed by atoms with Crippen LogP contribution in [0.5, 0.6) is 0 Å². The third-order valence-corrected chi connectivity index (χ3v) is 4.36. The molecule has 1 unspecified atom stereocenters. The van der Waals surface area contributed by atoms with Crippen molar-refractivity contribution in [2.45, 2.75) is 45.1 Å². The van der Waals surface area contributed by atoms with Crippen molar-refractivity contribution in [3.05, 3.63) is 58.3 Å². The van der Waals surface area contributed by atoms with Gasteiger partial charge >= 0.3 is 0 Å². The minimum atomic E-state index is 0.513. The maximum absolute atomic E-state index is 3.68. The minimum Gasteiger partial charge on any atom is -0.310 e. The van der Waals surface area contributed by atoms with Gasteiger partial charge in [0.2, 0.25) is 0 Å². The van der Waals surface area contributed by atoms with Crippen molar-refractivity contribution in [2.24, 2.45) is 0 Å². The molecule has 108 valence electrons. The first-order chi connectivity index (χ1) is 9.90. The third kappa shape index (κ3) is 5.10. The second kappa shape index (κ2) is 8.93. The fourth-order valence-corrected chi connectivity index (χ4v) is 3.21. The second-order valence-corrected chi connectivity index (χ2v) is 6.07. The Morgan fingerprint density at radius 3 is 2.65 bits per heavy atom. The fourth-order valence-electron chi connectivity index (χ4n) is 2.50. The molecule has 0 aliphatic heterocycles. The molecule has 1 aromatic heterocycles. The molecule has 1 heterocycles. The lowest BCUT2D eigenvalue weighted by molar-refractivity contribution is 0.476. The zero-order chi connectivity index (χ0) is 14.0. The van der Waals surface area contributed by atoms with Crippen LogP contribution in [0.4, 0.5) is 0 Å². The molecule has 1 nitrogen and oxygen atoms in total. The summed E-state index contributed by atoms with van der Waals surface area (Å²) in [6, 6.07) is 13.6. The van der Waals surface area contributed by atoms with Crippen molar-refractivity contribution in [3.63, 3.8) is 0 Å². The highest BCUT2D eigenvalue weighted by Gasteiger charge is 2.09. The van der Waals surface area contributed by atoms with Crippen LogP contribution in [0.2, 0.25) is 0 Å². The Morgan fingerprint density at radius 2 is 1.95 bits per heavy atom. The van der Waals surface area contributed by atoms with Crippen molar-refractivity contribution < 1.29 is 0 Å². The summed E-state index contributed by atoms with van der Waals surface area (Å²) in [7, 11) is 0. The van der Waals surface area contributed by atoms with E-state index in [1.165, 1.54) is 43.2 Å². The predicted octanol–water partition coefficient (Wildman–Crippen LogP) is 5.20. The number of unbranched alkanes of at least 4 members (excludes halogenated alkanes) is 1. The number of benzene rings is 1. The van der Waals surface area contributed by atoms with E-state index in [4.69, 9.17) is 0 Å². The molecule has 2 rings (SSSR count). The van der Waals surface area contributed by atoms with Crippen molar-refractivity contribution in [1.82, 2.24) is 5.32 Å². The van der Waals surface area contributed by atoms with Crippen LogP contribution in [0.15, 0.2) is 47.2 Å². The van der Waals surface area contributed by atoms with Gasteiger partial charge in [0, 0.05) is 6.04 Å². The number of nitrogens with one attached hydrogen (secondary N) is 1. The number of rotatable bonds is 9. The summed E-state index contributed by atoms with van der Waals surface area (Å²) in [4.78, 5) is 0. The van der Waals surface area contributed by atoms with Crippen molar-refractivity contribution >= 4 is 11.3 Å². The van der Waals surface area contributed by atoms with Crippen LogP contribution >= 0.6 is 11.3 Å². The van der Waals surface area contributed by atoms with E-state index >= 15 is 0 Å². The normalized spacial score (nSPS) is 12.4. The standard InChI is InChI=1S/C18H25NS/c1-2-13-19-18(17-9-4-3-5-10-17)11-7-6-8-16-12-14-20-15-16/h3-5,9-10,12,14-15,18-19H,2,6-8,11,13H2,1H3. The molecule has 0 fully saturated rings. The molecule has 2 aromatic rings. The molecule has 1 aromatic carbocycles. The van der Waals surface area contributed by atoms with Crippen LogP contribution in [0.1, 0.15) is 49.8 Å². The highest BCUT2D eigenvalue weighted by Crippen LogP contribution is 2.20. The molecule has 2 heteroatoms. The number of hydrogen-bond donors (Lipinski definition) is 1. The molecule has 1 atom stereocenters. The Kier molecular flexibility index (Phi) is 6.82. The minimum absolute atomic E-state index is 0.513. The van der Waals surface area contributed by atoms with Gasteiger partial charge in [-0.3, -0.25) is 0 Å². The number of thiophene rings is 1. The van der Waals surface area contributed by atoms with Crippen molar-refractivity contribution in [2.75, 3.05) is 6.54 Å². The molecule has 0 spiro atoms. The van der Waals surface area contributed by atoms with Crippen LogP contribution in [0.25, 0.3) is 0 Å². The Labute approximate surface area is 127 Å². The Bertz CT molecular complexity index is 450. The zero-order valence-corrected chi connectivity index (χ0v) is 13.2. The van der Waals surface area contributed by atoms with E-state index in [-0.39, 0.29) is 0 Å². The van der Waals surface area contributed by atoms with Gasteiger partial charge in [0.25, 0.3) is 0 Å². The Balaban J connectivity index is 1.78. The molecule has 0 aliphatic rings. The zero-order valence-electron chi connectivity index (χ0n) is 12.3. The topological polar surface area (TPSA) is 12.0 Å². The Hall–Kier alpha value is -1.12. The second-order valence-electron chi connectivity index (χ2n) is 5.29. The van der Waals surface area contributed by atoms with Gasteiger partial charge in [-0.1, -0.05) is 43.7 Å². The van der Waals surface area contributed by atoms with Gasteiger partial charge in [-0.25, -0.2) is 0 Å². The first-order valence-corrected chi connectivity index (χ1v) is 8.64. The lowest BCUT2D eigenvalue weighted by atomic mass is 9.99. The van der Waals surface area contributed by atoms with Crippen LogP contribution < -0.4 is 5.32 Å². The molecule has 0 saturated heterocycles. The maximum Gasteiger partial charge on any atom is 0.0320 e. The van der Waals surface area contributed by atoms with E-state index in [2.05, 4.69) is 59.4 Å². The van der Waals surface area contributed by atoms with Gasteiger partial charge in [0.15, 0.2) is 0 Å².